The first-order valence-corrected chi connectivity index (χ1v) is 8.39. The van der Waals surface area contributed by atoms with E-state index in [0.29, 0.717) is 18.8 Å². The molecule has 0 saturated heterocycles. The average Bonchev–Trinajstić information content (AvgIpc) is 2.42. The highest BCUT2D eigenvalue weighted by atomic mass is 32.2. The van der Waals surface area contributed by atoms with Crippen molar-refractivity contribution in [2.45, 2.75) is 38.5 Å². The van der Waals surface area contributed by atoms with Gasteiger partial charge in [-0.15, -0.1) is 0 Å². The van der Waals surface area contributed by atoms with Gasteiger partial charge in [-0.25, -0.2) is 12.9 Å². The molecule has 0 aliphatic rings. The van der Waals surface area contributed by atoms with Crippen LogP contribution in [0.1, 0.15) is 33.6 Å². The number of nitrogens with two attached hydrogens (primary N) is 1. The van der Waals surface area contributed by atoms with Crippen LogP contribution in [0.4, 0.5) is 5.69 Å². The molecule has 0 aliphatic carbocycles. The molecule has 0 fully saturated rings. The van der Waals surface area contributed by atoms with Gasteiger partial charge < -0.3 is 5.73 Å². The van der Waals surface area contributed by atoms with Gasteiger partial charge in [-0.3, -0.25) is 0 Å². The molecule has 19 heavy (non-hydrogen) atoms. The van der Waals surface area contributed by atoms with E-state index in [1.807, 2.05) is 30.3 Å². The third-order valence-corrected chi connectivity index (χ3v) is 5.37. The lowest BCUT2D eigenvalue weighted by Crippen LogP contribution is -2.31. The van der Waals surface area contributed by atoms with Gasteiger partial charge in [0.25, 0.3) is 0 Å². The minimum Gasteiger partial charge on any atom is -0.399 e. The van der Waals surface area contributed by atoms with Crippen LogP contribution < -0.4 is 5.73 Å². The molecule has 1 unspecified atom stereocenters. The van der Waals surface area contributed by atoms with Gasteiger partial charge >= 0.3 is 0 Å². The van der Waals surface area contributed by atoms with E-state index in [1.54, 1.807) is 12.1 Å². The summed E-state index contributed by atoms with van der Waals surface area (Å²) in [7, 11) is -2.53. The summed E-state index contributed by atoms with van der Waals surface area (Å²) < 4.78 is 19.8. The molecule has 0 spiro atoms. The first kappa shape index (κ1) is 16.0. The topological polar surface area (TPSA) is 58.7 Å². The van der Waals surface area contributed by atoms with Crippen LogP contribution in [0.5, 0.6) is 0 Å². The minimum atomic E-state index is -2.53. The summed E-state index contributed by atoms with van der Waals surface area (Å²) >= 11 is 0. The van der Waals surface area contributed by atoms with Gasteiger partial charge in [-0.2, -0.15) is 0 Å². The predicted molar refractivity (Wildman–Crippen MR) is 82.4 cm³/mol. The Kier molecular flexibility index (Phi) is 6.31. The van der Waals surface area contributed by atoms with Crippen molar-refractivity contribution in [3.05, 3.63) is 24.3 Å². The molecule has 0 aliphatic heterocycles. The molecule has 0 saturated carbocycles. The van der Waals surface area contributed by atoms with E-state index < -0.39 is 9.92 Å². The zero-order chi connectivity index (χ0) is 14.3. The van der Waals surface area contributed by atoms with Crippen molar-refractivity contribution in [2.75, 3.05) is 25.4 Å². The first-order valence-electron chi connectivity index (χ1n) is 6.92. The summed E-state index contributed by atoms with van der Waals surface area (Å²) in [5, 5.41) is 0. The Morgan fingerprint density at radius 2 is 2.00 bits per heavy atom. The molecule has 0 aromatic heterocycles. The number of benzene rings is 1. The zero-order valence-corrected chi connectivity index (χ0v) is 12.9. The highest BCUT2D eigenvalue weighted by Crippen LogP contribution is 2.21. The van der Waals surface area contributed by atoms with E-state index in [4.69, 9.17) is 5.73 Å². The van der Waals surface area contributed by atoms with Crippen molar-refractivity contribution in [3.8, 4) is 0 Å². The minimum absolute atomic E-state index is 0.605. The molecule has 108 valence electrons. The van der Waals surface area contributed by atoms with Gasteiger partial charge in [0.05, 0.1) is 4.90 Å². The molecule has 1 atom stereocenters. The fourth-order valence-corrected chi connectivity index (χ4v) is 4.27. The molecule has 1 aromatic carbocycles. The van der Waals surface area contributed by atoms with Crippen LogP contribution in [0, 0.1) is 0 Å². The third kappa shape index (κ3) is 3.94. The largest absolute Gasteiger partial charge is 0.399 e. The molecule has 1 rings (SSSR count). The summed E-state index contributed by atoms with van der Waals surface area (Å²) in [6, 6.07) is 7.28. The Morgan fingerprint density at radius 3 is 2.53 bits per heavy atom. The molecular formula is C14H25N3OS. The van der Waals surface area contributed by atoms with E-state index in [-0.39, 0.29) is 0 Å². The standard InChI is InChI=1S/C14H25N3OS/c1-4-10-16-19(18,17(6-3)11-5-2)14-9-7-8-13(15)12-14/h7-9,12H,4-6,10-11,15H2,1-3H3. The fraction of sp³-hybridized carbons (Fsp3) is 0.571. The Morgan fingerprint density at radius 1 is 1.26 bits per heavy atom. The van der Waals surface area contributed by atoms with Crippen LogP contribution in [-0.4, -0.2) is 28.1 Å². The maximum Gasteiger partial charge on any atom is 0.139 e. The maximum absolute atomic E-state index is 13.3. The van der Waals surface area contributed by atoms with Crippen molar-refractivity contribution >= 4 is 15.6 Å². The predicted octanol–water partition coefficient (Wildman–Crippen LogP) is 3.15. The summed E-state index contributed by atoms with van der Waals surface area (Å²) in [5.74, 6) is 0. The van der Waals surface area contributed by atoms with Crippen LogP contribution in [0.3, 0.4) is 0 Å². The summed E-state index contributed by atoms with van der Waals surface area (Å²) in [4.78, 5) is 0.719. The SMILES string of the molecule is CCCN=S(=O)(c1cccc(N)c1)N(CC)CCC. The van der Waals surface area contributed by atoms with Crippen molar-refractivity contribution in [1.29, 1.82) is 0 Å². The van der Waals surface area contributed by atoms with Crippen molar-refractivity contribution in [2.24, 2.45) is 4.36 Å². The van der Waals surface area contributed by atoms with Crippen LogP contribution in [0.2, 0.25) is 0 Å². The molecular weight excluding hydrogens is 258 g/mol. The second kappa shape index (κ2) is 7.50. The van der Waals surface area contributed by atoms with Gasteiger partial charge in [0.1, 0.15) is 9.92 Å². The molecule has 2 N–H and O–H groups in total. The van der Waals surface area contributed by atoms with Crippen LogP contribution >= 0.6 is 0 Å². The van der Waals surface area contributed by atoms with E-state index in [0.717, 1.165) is 24.3 Å². The quantitative estimate of drug-likeness (QED) is 0.781. The van der Waals surface area contributed by atoms with E-state index in [9.17, 15) is 4.21 Å². The van der Waals surface area contributed by atoms with E-state index >= 15 is 0 Å². The second-order valence-corrected chi connectivity index (χ2v) is 6.68. The van der Waals surface area contributed by atoms with Crippen molar-refractivity contribution in [3.63, 3.8) is 0 Å². The van der Waals surface area contributed by atoms with Crippen LogP contribution in [0.25, 0.3) is 0 Å². The Labute approximate surface area is 117 Å². The first-order chi connectivity index (χ1) is 9.08. The van der Waals surface area contributed by atoms with Crippen LogP contribution in [0.15, 0.2) is 33.5 Å². The van der Waals surface area contributed by atoms with Gasteiger partial charge in [0.2, 0.25) is 0 Å². The monoisotopic (exact) mass is 283 g/mol. The molecule has 0 bridgehead atoms. The highest BCUT2D eigenvalue weighted by Gasteiger charge is 2.20. The second-order valence-electron chi connectivity index (χ2n) is 4.44. The molecule has 0 heterocycles. The van der Waals surface area contributed by atoms with Crippen molar-refractivity contribution in [1.82, 2.24) is 4.31 Å². The number of nitrogen functional groups attached to an aromatic ring is 1. The molecule has 0 radical (unpaired) electrons. The molecule has 0 amide bonds. The summed E-state index contributed by atoms with van der Waals surface area (Å²) in [5.41, 5.74) is 6.44. The third-order valence-electron chi connectivity index (χ3n) is 2.83. The van der Waals surface area contributed by atoms with E-state index in [2.05, 4.69) is 11.3 Å². The average molecular weight is 283 g/mol. The van der Waals surface area contributed by atoms with Gasteiger partial charge in [0.15, 0.2) is 0 Å². The fourth-order valence-electron chi connectivity index (χ4n) is 1.91. The number of anilines is 1. The lowest BCUT2D eigenvalue weighted by molar-refractivity contribution is 0.457. The number of hydrogen-bond acceptors (Lipinski definition) is 3. The molecule has 5 heteroatoms. The number of rotatable bonds is 7. The highest BCUT2D eigenvalue weighted by molar-refractivity contribution is 7.91. The maximum atomic E-state index is 13.3. The van der Waals surface area contributed by atoms with Crippen LogP contribution in [-0.2, 0) is 9.92 Å². The lowest BCUT2D eigenvalue weighted by Gasteiger charge is -2.24. The number of nitrogens with zero attached hydrogens (tertiary/aromatic N) is 2. The Bertz CT molecular complexity index is 507. The van der Waals surface area contributed by atoms with Gasteiger partial charge in [-0.05, 0) is 31.0 Å². The normalized spacial score (nSPS) is 14.3. The van der Waals surface area contributed by atoms with Crippen molar-refractivity contribution < 1.29 is 4.21 Å². The summed E-state index contributed by atoms with van der Waals surface area (Å²) in [6.07, 6.45) is 1.85. The zero-order valence-electron chi connectivity index (χ0n) is 12.1. The Balaban J connectivity index is 3.31. The van der Waals surface area contributed by atoms with Gasteiger partial charge in [0, 0.05) is 25.3 Å². The van der Waals surface area contributed by atoms with E-state index in [1.165, 1.54) is 0 Å². The smallest absolute Gasteiger partial charge is 0.139 e. The number of hydrogen-bond donors (Lipinski definition) is 1. The molecule has 1 aromatic rings. The lowest BCUT2D eigenvalue weighted by atomic mass is 10.3. The van der Waals surface area contributed by atoms with Gasteiger partial charge in [-0.1, -0.05) is 26.8 Å². The molecule has 4 nitrogen and oxygen atoms in total. The summed E-state index contributed by atoms with van der Waals surface area (Å²) in [6.45, 7) is 8.24. The Hall–Kier alpha value is -1.07.